The Kier molecular flexibility index (Phi) is 2.63. The summed E-state index contributed by atoms with van der Waals surface area (Å²) in [6.45, 7) is 1.98. The molecule has 53 valence electrons. The molecule has 0 aliphatic rings. The molecule has 3 heteroatoms. The Morgan fingerprint density at radius 2 is 2.50 bits per heavy atom. The first-order valence-electron chi connectivity index (χ1n) is 3.08. The Hall–Kier alpha value is -0.630. The third kappa shape index (κ3) is 1.95. The molecule has 1 rings (SSSR count). The Labute approximate surface area is 65.3 Å². The lowest BCUT2D eigenvalue weighted by atomic mass is 10.2. The second-order valence-corrected chi connectivity index (χ2v) is 2.27. The fourth-order valence-electron chi connectivity index (χ4n) is 0.692. The number of hydrogen-bond donors (Lipinski definition) is 0. The summed E-state index contributed by atoms with van der Waals surface area (Å²) >= 11 is 5.54. The predicted molar refractivity (Wildman–Crippen MR) is 40.7 cm³/mol. The molecule has 0 aliphatic heterocycles. The summed E-state index contributed by atoms with van der Waals surface area (Å²) in [5.74, 6) is 0. The van der Waals surface area contributed by atoms with Crippen LogP contribution in [0.2, 0.25) is 5.28 Å². The van der Waals surface area contributed by atoms with Crippen molar-refractivity contribution in [3.8, 4) is 0 Å². The van der Waals surface area contributed by atoms with Crippen LogP contribution in [0.15, 0.2) is 12.3 Å². The quantitative estimate of drug-likeness (QED) is 0.610. The van der Waals surface area contributed by atoms with Gasteiger partial charge in [-0.1, -0.05) is 6.92 Å². The zero-order chi connectivity index (χ0) is 7.40. The highest BCUT2D eigenvalue weighted by Crippen LogP contribution is 2.02. The molecule has 1 aromatic heterocycles. The van der Waals surface area contributed by atoms with Crippen molar-refractivity contribution in [2.75, 3.05) is 0 Å². The maximum Gasteiger partial charge on any atom is 0.222 e. The van der Waals surface area contributed by atoms with E-state index >= 15 is 0 Å². The Balaban J connectivity index is 2.75. The highest BCUT2D eigenvalue weighted by atomic mass is 35.5. The van der Waals surface area contributed by atoms with Gasteiger partial charge in [-0.2, -0.15) is 0 Å². The van der Waals surface area contributed by atoms with Crippen molar-refractivity contribution in [3.63, 3.8) is 0 Å². The van der Waals surface area contributed by atoms with Crippen LogP contribution in [0.3, 0.4) is 0 Å². The minimum Gasteiger partial charge on any atom is -0.227 e. The average Bonchev–Trinajstić information content (AvgIpc) is 1.88. The van der Waals surface area contributed by atoms with Crippen LogP contribution in [0.4, 0.5) is 0 Å². The molecular formula is C7H8ClN2. The van der Waals surface area contributed by atoms with E-state index < -0.39 is 0 Å². The number of nitrogens with zero attached hydrogens (tertiary/aromatic N) is 2. The minimum absolute atomic E-state index is 0.319. The van der Waals surface area contributed by atoms with E-state index in [2.05, 4.69) is 9.97 Å². The molecule has 1 heterocycles. The van der Waals surface area contributed by atoms with E-state index in [1.807, 2.05) is 19.4 Å². The minimum atomic E-state index is 0.319. The van der Waals surface area contributed by atoms with Crippen LogP contribution in [-0.4, -0.2) is 9.97 Å². The molecule has 0 amide bonds. The molecule has 0 bridgehead atoms. The molecule has 0 aliphatic carbocycles. The third-order valence-electron chi connectivity index (χ3n) is 1.10. The highest BCUT2D eigenvalue weighted by molar-refractivity contribution is 6.28. The Morgan fingerprint density at radius 1 is 1.70 bits per heavy atom. The van der Waals surface area contributed by atoms with Crippen molar-refractivity contribution in [2.45, 2.75) is 13.3 Å². The number of rotatable bonds is 2. The molecule has 0 N–H and O–H groups in total. The zero-order valence-electron chi connectivity index (χ0n) is 5.71. The summed E-state index contributed by atoms with van der Waals surface area (Å²) in [5, 5.41) is 0.319. The monoisotopic (exact) mass is 155 g/mol. The number of halogens is 1. The summed E-state index contributed by atoms with van der Waals surface area (Å²) in [7, 11) is 0. The topological polar surface area (TPSA) is 25.8 Å². The van der Waals surface area contributed by atoms with Gasteiger partial charge in [-0.05, 0) is 30.5 Å². The Morgan fingerprint density at radius 3 is 3.10 bits per heavy atom. The van der Waals surface area contributed by atoms with Crippen LogP contribution >= 0.6 is 11.6 Å². The smallest absolute Gasteiger partial charge is 0.222 e. The van der Waals surface area contributed by atoms with Crippen LogP contribution in [0.1, 0.15) is 12.6 Å². The summed E-state index contributed by atoms with van der Waals surface area (Å²) in [5.41, 5.74) is 0.961. The fraction of sp³-hybridized carbons (Fsp3) is 0.286. The molecule has 10 heavy (non-hydrogen) atoms. The van der Waals surface area contributed by atoms with Crippen LogP contribution in [-0.2, 0) is 6.42 Å². The first-order chi connectivity index (χ1) is 4.83. The highest BCUT2D eigenvalue weighted by Gasteiger charge is 1.93. The van der Waals surface area contributed by atoms with Crippen molar-refractivity contribution < 1.29 is 0 Å². The van der Waals surface area contributed by atoms with Gasteiger partial charge in [-0.3, -0.25) is 0 Å². The number of aromatic nitrogens is 2. The van der Waals surface area contributed by atoms with Crippen molar-refractivity contribution in [3.05, 3.63) is 29.7 Å². The molecule has 0 saturated heterocycles. The van der Waals surface area contributed by atoms with Gasteiger partial charge in [0.15, 0.2) is 0 Å². The molecule has 0 spiro atoms. The molecule has 1 radical (unpaired) electrons. The van der Waals surface area contributed by atoms with Gasteiger partial charge in [0, 0.05) is 11.9 Å². The SMILES string of the molecule is C[CH]Cc1ccnc(Cl)n1. The standard InChI is InChI=1S/C7H8ClN2/c1-2-3-6-4-5-9-7(8)10-6/h2,4-5H,3H2,1H3. The largest absolute Gasteiger partial charge is 0.227 e. The van der Waals surface area contributed by atoms with E-state index in [1.54, 1.807) is 6.20 Å². The van der Waals surface area contributed by atoms with Gasteiger partial charge in [0.25, 0.3) is 0 Å². The van der Waals surface area contributed by atoms with Crippen molar-refractivity contribution >= 4 is 11.6 Å². The molecule has 0 saturated carbocycles. The first kappa shape index (κ1) is 7.48. The van der Waals surface area contributed by atoms with Crippen LogP contribution in [0.5, 0.6) is 0 Å². The lowest BCUT2D eigenvalue weighted by molar-refractivity contribution is 1.01. The number of hydrogen-bond acceptors (Lipinski definition) is 2. The van der Waals surface area contributed by atoms with E-state index in [0.717, 1.165) is 12.1 Å². The second-order valence-electron chi connectivity index (χ2n) is 1.93. The van der Waals surface area contributed by atoms with Gasteiger partial charge < -0.3 is 0 Å². The van der Waals surface area contributed by atoms with Gasteiger partial charge in [0.2, 0.25) is 5.28 Å². The van der Waals surface area contributed by atoms with E-state index in [-0.39, 0.29) is 0 Å². The second kappa shape index (κ2) is 3.52. The van der Waals surface area contributed by atoms with Crippen LogP contribution in [0.25, 0.3) is 0 Å². The molecule has 1 aromatic rings. The zero-order valence-corrected chi connectivity index (χ0v) is 6.47. The fourth-order valence-corrected chi connectivity index (χ4v) is 0.857. The van der Waals surface area contributed by atoms with E-state index in [4.69, 9.17) is 11.6 Å². The summed E-state index contributed by atoms with van der Waals surface area (Å²) in [6.07, 6.45) is 4.54. The average molecular weight is 156 g/mol. The van der Waals surface area contributed by atoms with Gasteiger partial charge >= 0.3 is 0 Å². The van der Waals surface area contributed by atoms with Gasteiger partial charge in [-0.15, -0.1) is 0 Å². The Bertz CT molecular complexity index is 213. The van der Waals surface area contributed by atoms with Crippen molar-refractivity contribution in [1.82, 2.24) is 9.97 Å². The summed E-state index contributed by atoms with van der Waals surface area (Å²) in [4.78, 5) is 7.75. The summed E-state index contributed by atoms with van der Waals surface area (Å²) < 4.78 is 0. The van der Waals surface area contributed by atoms with Gasteiger partial charge in [-0.25, -0.2) is 9.97 Å². The molecule has 0 unspecified atom stereocenters. The summed E-state index contributed by atoms with van der Waals surface area (Å²) in [6, 6.07) is 1.85. The van der Waals surface area contributed by atoms with E-state index in [1.165, 1.54) is 0 Å². The third-order valence-corrected chi connectivity index (χ3v) is 1.28. The molecule has 2 nitrogen and oxygen atoms in total. The van der Waals surface area contributed by atoms with Gasteiger partial charge in [0.1, 0.15) is 0 Å². The molecule has 0 aromatic carbocycles. The van der Waals surface area contributed by atoms with E-state index in [0.29, 0.717) is 5.28 Å². The first-order valence-corrected chi connectivity index (χ1v) is 3.46. The van der Waals surface area contributed by atoms with Gasteiger partial charge in [0.05, 0.1) is 0 Å². The lowest BCUT2D eigenvalue weighted by Gasteiger charge is -1.94. The van der Waals surface area contributed by atoms with E-state index in [9.17, 15) is 0 Å². The van der Waals surface area contributed by atoms with Crippen molar-refractivity contribution in [1.29, 1.82) is 0 Å². The maximum absolute atomic E-state index is 5.54. The lowest BCUT2D eigenvalue weighted by Crippen LogP contribution is -1.90. The predicted octanol–water partition coefficient (Wildman–Crippen LogP) is 1.90. The van der Waals surface area contributed by atoms with Crippen LogP contribution in [0, 0.1) is 6.42 Å². The van der Waals surface area contributed by atoms with Crippen LogP contribution < -0.4 is 0 Å². The molecular weight excluding hydrogens is 148 g/mol. The van der Waals surface area contributed by atoms with Crippen molar-refractivity contribution in [2.24, 2.45) is 0 Å². The molecule has 0 fully saturated rings. The maximum atomic E-state index is 5.54. The normalized spacial score (nSPS) is 9.80. The molecule has 0 atom stereocenters.